The smallest absolute Gasteiger partial charge is 0.220 e. The minimum absolute atomic E-state index is 0.0628. The highest BCUT2D eigenvalue weighted by atomic mass is 19.1. The van der Waals surface area contributed by atoms with Crippen molar-refractivity contribution in [2.75, 3.05) is 14.2 Å². The third-order valence-electron chi connectivity index (χ3n) is 3.52. The van der Waals surface area contributed by atoms with E-state index in [1.165, 1.54) is 12.1 Å². The van der Waals surface area contributed by atoms with Gasteiger partial charge in [0.1, 0.15) is 17.3 Å². The molecule has 0 bridgehead atoms. The number of methoxy groups -OCH3 is 2. The summed E-state index contributed by atoms with van der Waals surface area (Å²) in [5.74, 6) is 1.04. The molecule has 23 heavy (non-hydrogen) atoms. The standard InChI is InChI=1S/C18H20FNO3/c1-22-16-9-6-14(17(11-16)23-2)12-20-18(21)10-5-13-3-7-15(19)8-4-13/h3-4,6-9,11H,5,10,12H2,1-2H3,(H,20,21). The zero-order chi connectivity index (χ0) is 16.7. The van der Waals surface area contributed by atoms with E-state index in [4.69, 9.17) is 9.47 Å². The fourth-order valence-corrected chi connectivity index (χ4v) is 2.19. The summed E-state index contributed by atoms with van der Waals surface area (Å²) in [6, 6.07) is 11.6. The van der Waals surface area contributed by atoms with Gasteiger partial charge in [-0.05, 0) is 36.2 Å². The number of hydrogen-bond acceptors (Lipinski definition) is 3. The molecular formula is C18H20FNO3. The lowest BCUT2D eigenvalue weighted by Gasteiger charge is -2.11. The van der Waals surface area contributed by atoms with E-state index in [1.54, 1.807) is 32.4 Å². The number of ether oxygens (including phenoxy) is 2. The number of carbonyl (C=O) groups excluding carboxylic acids is 1. The molecule has 1 N–H and O–H groups in total. The first kappa shape index (κ1) is 16.8. The van der Waals surface area contributed by atoms with E-state index >= 15 is 0 Å². The van der Waals surface area contributed by atoms with Crippen LogP contribution in [0.2, 0.25) is 0 Å². The van der Waals surface area contributed by atoms with Gasteiger partial charge >= 0.3 is 0 Å². The lowest BCUT2D eigenvalue weighted by atomic mass is 10.1. The van der Waals surface area contributed by atoms with Crippen LogP contribution in [-0.4, -0.2) is 20.1 Å². The van der Waals surface area contributed by atoms with Crippen LogP contribution in [0, 0.1) is 5.82 Å². The summed E-state index contributed by atoms with van der Waals surface area (Å²) in [4.78, 5) is 11.9. The average Bonchev–Trinajstić information content (AvgIpc) is 2.59. The fraction of sp³-hybridized carbons (Fsp3) is 0.278. The average molecular weight is 317 g/mol. The van der Waals surface area contributed by atoms with E-state index in [9.17, 15) is 9.18 Å². The van der Waals surface area contributed by atoms with Crippen LogP contribution in [0.4, 0.5) is 4.39 Å². The number of rotatable bonds is 7. The molecule has 0 unspecified atom stereocenters. The fourth-order valence-electron chi connectivity index (χ4n) is 2.19. The van der Waals surface area contributed by atoms with Gasteiger partial charge in [-0.15, -0.1) is 0 Å². The summed E-state index contributed by atoms with van der Waals surface area (Å²) in [6.45, 7) is 0.384. The van der Waals surface area contributed by atoms with E-state index in [1.807, 2.05) is 12.1 Å². The number of halogens is 1. The highest BCUT2D eigenvalue weighted by Crippen LogP contribution is 2.24. The van der Waals surface area contributed by atoms with Crippen molar-refractivity contribution < 1.29 is 18.7 Å². The van der Waals surface area contributed by atoms with Gasteiger partial charge in [0, 0.05) is 24.6 Å². The Hall–Kier alpha value is -2.56. The van der Waals surface area contributed by atoms with Crippen LogP contribution in [0.3, 0.4) is 0 Å². The number of aryl methyl sites for hydroxylation is 1. The Labute approximate surface area is 135 Å². The van der Waals surface area contributed by atoms with Crippen molar-refractivity contribution in [2.24, 2.45) is 0 Å². The van der Waals surface area contributed by atoms with E-state index in [0.717, 1.165) is 11.1 Å². The van der Waals surface area contributed by atoms with Crippen molar-refractivity contribution in [1.82, 2.24) is 5.32 Å². The summed E-state index contributed by atoms with van der Waals surface area (Å²) in [5.41, 5.74) is 1.81. The SMILES string of the molecule is COc1ccc(CNC(=O)CCc2ccc(F)cc2)c(OC)c1. The van der Waals surface area contributed by atoms with E-state index < -0.39 is 0 Å². The molecule has 2 aromatic rings. The molecule has 0 aliphatic heterocycles. The Morgan fingerprint density at radius 1 is 1.09 bits per heavy atom. The Balaban J connectivity index is 1.85. The molecule has 0 saturated carbocycles. The molecule has 2 rings (SSSR count). The van der Waals surface area contributed by atoms with Gasteiger partial charge in [-0.2, -0.15) is 0 Å². The van der Waals surface area contributed by atoms with Crippen molar-refractivity contribution in [3.8, 4) is 11.5 Å². The van der Waals surface area contributed by atoms with Crippen LogP contribution in [0.5, 0.6) is 11.5 Å². The lowest BCUT2D eigenvalue weighted by Crippen LogP contribution is -2.23. The molecule has 0 fully saturated rings. The molecule has 0 spiro atoms. The topological polar surface area (TPSA) is 47.6 Å². The first-order valence-corrected chi connectivity index (χ1v) is 7.34. The third-order valence-corrected chi connectivity index (χ3v) is 3.52. The Morgan fingerprint density at radius 2 is 1.83 bits per heavy atom. The molecule has 0 aliphatic rings. The van der Waals surface area contributed by atoms with Gasteiger partial charge in [0.15, 0.2) is 0 Å². The van der Waals surface area contributed by atoms with Gasteiger partial charge in [0.2, 0.25) is 5.91 Å². The van der Waals surface area contributed by atoms with Crippen LogP contribution >= 0.6 is 0 Å². The quantitative estimate of drug-likeness (QED) is 0.853. The monoisotopic (exact) mass is 317 g/mol. The molecule has 0 heterocycles. The second kappa shape index (κ2) is 8.17. The second-order valence-corrected chi connectivity index (χ2v) is 5.08. The highest BCUT2D eigenvalue weighted by Gasteiger charge is 2.07. The minimum Gasteiger partial charge on any atom is -0.497 e. The van der Waals surface area contributed by atoms with Crippen molar-refractivity contribution >= 4 is 5.91 Å². The zero-order valence-corrected chi connectivity index (χ0v) is 13.3. The molecule has 1 amide bonds. The van der Waals surface area contributed by atoms with Crippen LogP contribution < -0.4 is 14.8 Å². The maximum absolute atomic E-state index is 12.8. The van der Waals surface area contributed by atoms with Crippen LogP contribution in [0.1, 0.15) is 17.5 Å². The largest absolute Gasteiger partial charge is 0.497 e. The Morgan fingerprint density at radius 3 is 2.48 bits per heavy atom. The second-order valence-electron chi connectivity index (χ2n) is 5.08. The van der Waals surface area contributed by atoms with Gasteiger partial charge < -0.3 is 14.8 Å². The number of carbonyl (C=O) groups is 1. The molecular weight excluding hydrogens is 297 g/mol. The molecule has 0 atom stereocenters. The van der Waals surface area contributed by atoms with Gasteiger partial charge in [-0.3, -0.25) is 4.79 Å². The molecule has 122 valence electrons. The maximum Gasteiger partial charge on any atom is 0.220 e. The molecule has 0 saturated heterocycles. The van der Waals surface area contributed by atoms with Crippen LogP contribution in [-0.2, 0) is 17.8 Å². The van der Waals surface area contributed by atoms with Crippen LogP contribution in [0.25, 0.3) is 0 Å². The van der Waals surface area contributed by atoms with Crippen LogP contribution in [0.15, 0.2) is 42.5 Å². The summed E-state index contributed by atoms with van der Waals surface area (Å²) in [7, 11) is 3.17. The van der Waals surface area contributed by atoms with Gasteiger partial charge in [0.05, 0.1) is 14.2 Å². The van der Waals surface area contributed by atoms with E-state index in [2.05, 4.69) is 5.32 Å². The van der Waals surface area contributed by atoms with Gasteiger partial charge in [0.25, 0.3) is 0 Å². The Kier molecular flexibility index (Phi) is 5.97. The number of hydrogen-bond donors (Lipinski definition) is 1. The molecule has 5 heteroatoms. The van der Waals surface area contributed by atoms with Crippen molar-refractivity contribution in [3.63, 3.8) is 0 Å². The maximum atomic E-state index is 12.8. The summed E-state index contributed by atoms with van der Waals surface area (Å²) in [6.07, 6.45) is 0.927. The molecule has 0 aliphatic carbocycles. The summed E-state index contributed by atoms with van der Waals surface area (Å²) < 4.78 is 23.3. The zero-order valence-electron chi connectivity index (χ0n) is 13.3. The number of benzene rings is 2. The first-order valence-electron chi connectivity index (χ1n) is 7.34. The highest BCUT2D eigenvalue weighted by molar-refractivity contribution is 5.76. The molecule has 2 aromatic carbocycles. The number of nitrogens with one attached hydrogen (secondary N) is 1. The normalized spacial score (nSPS) is 10.2. The van der Waals surface area contributed by atoms with Crippen molar-refractivity contribution in [2.45, 2.75) is 19.4 Å². The van der Waals surface area contributed by atoms with Gasteiger partial charge in [-0.25, -0.2) is 4.39 Å². The first-order chi connectivity index (χ1) is 11.1. The summed E-state index contributed by atoms with van der Waals surface area (Å²) in [5, 5.41) is 2.86. The molecule has 4 nitrogen and oxygen atoms in total. The minimum atomic E-state index is -0.273. The van der Waals surface area contributed by atoms with E-state index in [-0.39, 0.29) is 11.7 Å². The lowest BCUT2D eigenvalue weighted by molar-refractivity contribution is -0.121. The number of amides is 1. The van der Waals surface area contributed by atoms with Crippen molar-refractivity contribution in [3.05, 3.63) is 59.4 Å². The predicted molar refractivity (Wildman–Crippen MR) is 86.1 cm³/mol. The molecule has 0 aromatic heterocycles. The molecule has 0 radical (unpaired) electrons. The third kappa shape index (κ3) is 4.98. The van der Waals surface area contributed by atoms with Crippen molar-refractivity contribution in [1.29, 1.82) is 0 Å². The predicted octanol–water partition coefficient (Wildman–Crippen LogP) is 3.09. The van der Waals surface area contributed by atoms with E-state index in [0.29, 0.717) is 30.9 Å². The summed E-state index contributed by atoms with van der Waals surface area (Å²) >= 11 is 0. The van der Waals surface area contributed by atoms with Gasteiger partial charge in [-0.1, -0.05) is 12.1 Å². The Bertz CT molecular complexity index is 656.